The van der Waals surface area contributed by atoms with Gasteiger partial charge in [-0.15, -0.1) is 0 Å². The molecular weight excluding hydrogens is 319 g/mol. The molecule has 1 N–H and O–H groups in total. The predicted octanol–water partition coefficient (Wildman–Crippen LogP) is 3.82. The molecule has 0 bridgehead atoms. The van der Waals surface area contributed by atoms with E-state index in [0.717, 1.165) is 37.1 Å². The molecule has 0 aliphatic carbocycles. The zero-order valence-electron chi connectivity index (χ0n) is 13.9. The van der Waals surface area contributed by atoms with Gasteiger partial charge in [-0.3, -0.25) is 4.79 Å². The zero-order chi connectivity index (χ0) is 17.6. The van der Waals surface area contributed by atoms with Gasteiger partial charge in [0.05, 0.1) is 12.2 Å². The first kappa shape index (κ1) is 18.8. The lowest BCUT2D eigenvalue weighted by atomic mass is 9.95. The number of alkyl halides is 3. The van der Waals surface area contributed by atoms with Crippen molar-refractivity contribution >= 4 is 5.91 Å². The van der Waals surface area contributed by atoms with Gasteiger partial charge in [0.15, 0.2) is 0 Å². The molecule has 1 aromatic carbocycles. The molecule has 1 heterocycles. The van der Waals surface area contributed by atoms with Crippen LogP contribution in [-0.2, 0) is 22.1 Å². The molecule has 0 spiro atoms. The van der Waals surface area contributed by atoms with Gasteiger partial charge >= 0.3 is 6.18 Å². The van der Waals surface area contributed by atoms with E-state index in [-0.39, 0.29) is 11.8 Å². The summed E-state index contributed by atoms with van der Waals surface area (Å²) in [5.74, 6) is 0.0838. The van der Waals surface area contributed by atoms with Crippen LogP contribution in [0, 0.1) is 11.8 Å². The van der Waals surface area contributed by atoms with Crippen molar-refractivity contribution in [3.05, 3.63) is 35.4 Å². The molecule has 0 unspecified atom stereocenters. The average molecular weight is 343 g/mol. The number of benzene rings is 1. The second kappa shape index (κ2) is 8.51. The van der Waals surface area contributed by atoms with E-state index in [4.69, 9.17) is 4.74 Å². The first-order valence-corrected chi connectivity index (χ1v) is 8.41. The maximum atomic E-state index is 12.6. The molecule has 1 aliphatic heterocycles. The van der Waals surface area contributed by atoms with Gasteiger partial charge in [0.1, 0.15) is 0 Å². The Hall–Kier alpha value is -1.56. The summed E-state index contributed by atoms with van der Waals surface area (Å²) in [7, 11) is 0. The predicted molar refractivity (Wildman–Crippen MR) is 85.5 cm³/mol. The second-order valence-electron chi connectivity index (χ2n) is 6.33. The number of carbonyl (C=O) groups is 1. The fraction of sp³-hybridized carbons (Fsp3) is 0.611. The second-order valence-corrected chi connectivity index (χ2v) is 6.33. The number of rotatable bonds is 6. The normalized spacial score (nSPS) is 19.8. The highest BCUT2D eigenvalue weighted by atomic mass is 19.4. The Morgan fingerprint density at radius 1 is 1.33 bits per heavy atom. The Labute approximate surface area is 140 Å². The topological polar surface area (TPSA) is 38.3 Å². The molecule has 3 nitrogen and oxygen atoms in total. The fourth-order valence-electron chi connectivity index (χ4n) is 2.89. The summed E-state index contributed by atoms with van der Waals surface area (Å²) in [5, 5.41) is 2.96. The minimum atomic E-state index is -4.33. The largest absolute Gasteiger partial charge is 0.416 e. The lowest BCUT2D eigenvalue weighted by Gasteiger charge is -2.23. The van der Waals surface area contributed by atoms with Crippen molar-refractivity contribution < 1.29 is 22.7 Å². The van der Waals surface area contributed by atoms with Crippen molar-refractivity contribution in [2.75, 3.05) is 19.8 Å². The molecule has 1 amide bonds. The number of carbonyl (C=O) groups excluding carboxylic acids is 1. The van der Waals surface area contributed by atoms with E-state index in [2.05, 4.69) is 5.32 Å². The molecule has 24 heavy (non-hydrogen) atoms. The summed E-state index contributed by atoms with van der Waals surface area (Å²) >= 11 is 0. The Balaban J connectivity index is 1.87. The van der Waals surface area contributed by atoms with Gasteiger partial charge < -0.3 is 10.1 Å². The minimum Gasteiger partial charge on any atom is -0.381 e. The van der Waals surface area contributed by atoms with Crippen LogP contribution in [0.3, 0.4) is 0 Å². The summed E-state index contributed by atoms with van der Waals surface area (Å²) in [5.41, 5.74) is 0.0760. The summed E-state index contributed by atoms with van der Waals surface area (Å²) in [6.45, 7) is 3.98. The summed E-state index contributed by atoms with van der Waals surface area (Å²) in [6.07, 6.45) is -1.17. The Bertz CT molecular complexity index is 522. The highest BCUT2D eigenvalue weighted by Crippen LogP contribution is 2.29. The van der Waals surface area contributed by atoms with Crippen molar-refractivity contribution in [1.82, 2.24) is 5.32 Å². The van der Waals surface area contributed by atoms with Crippen molar-refractivity contribution in [1.29, 1.82) is 0 Å². The third-order valence-electron chi connectivity index (χ3n) is 4.45. The Morgan fingerprint density at radius 2 is 2.04 bits per heavy atom. The monoisotopic (exact) mass is 343 g/mol. The van der Waals surface area contributed by atoms with Gasteiger partial charge in [-0.1, -0.05) is 19.1 Å². The average Bonchev–Trinajstić information content (AvgIpc) is 2.58. The van der Waals surface area contributed by atoms with E-state index in [1.807, 2.05) is 6.92 Å². The van der Waals surface area contributed by atoms with Crippen LogP contribution in [0.5, 0.6) is 0 Å². The minimum absolute atomic E-state index is 0.0389. The van der Waals surface area contributed by atoms with Gasteiger partial charge in [-0.2, -0.15) is 13.2 Å². The molecule has 1 aromatic rings. The van der Waals surface area contributed by atoms with Crippen LogP contribution < -0.4 is 5.32 Å². The molecule has 0 saturated carbocycles. The van der Waals surface area contributed by atoms with Crippen molar-refractivity contribution in [2.45, 2.75) is 38.8 Å². The number of hydrogen-bond acceptors (Lipinski definition) is 2. The smallest absolute Gasteiger partial charge is 0.381 e. The molecule has 2 atom stereocenters. The van der Waals surface area contributed by atoms with E-state index >= 15 is 0 Å². The molecule has 1 aliphatic rings. The van der Waals surface area contributed by atoms with E-state index in [9.17, 15) is 18.0 Å². The number of hydrogen-bond donors (Lipinski definition) is 1. The molecule has 0 aromatic heterocycles. The summed E-state index contributed by atoms with van der Waals surface area (Å²) in [4.78, 5) is 12.3. The number of halogens is 3. The zero-order valence-corrected chi connectivity index (χ0v) is 13.9. The van der Waals surface area contributed by atoms with E-state index < -0.39 is 11.7 Å². The van der Waals surface area contributed by atoms with Gasteiger partial charge in [-0.25, -0.2) is 0 Å². The Kier molecular flexibility index (Phi) is 6.66. The lowest BCUT2D eigenvalue weighted by Crippen LogP contribution is -2.37. The number of nitrogens with one attached hydrogen (secondary N) is 1. The quantitative estimate of drug-likeness (QED) is 0.853. The van der Waals surface area contributed by atoms with Gasteiger partial charge in [0, 0.05) is 19.1 Å². The molecular formula is C18H24F3NO2. The highest BCUT2D eigenvalue weighted by Gasteiger charge is 2.30. The van der Waals surface area contributed by atoms with Crippen molar-refractivity contribution in [3.63, 3.8) is 0 Å². The maximum Gasteiger partial charge on any atom is 0.416 e. The fourth-order valence-corrected chi connectivity index (χ4v) is 2.89. The van der Waals surface area contributed by atoms with Gasteiger partial charge in [0.2, 0.25) is 5.91 Å². The van der Waals surface area contributed by atoms with Crippen LogP contribution >= 0.6 is 0 Å². The highest BCUT2D eigenvalue weighted by molar-refractivity contribution is 5.78. The first-order valence-electron chi connectivity index (χ1n) is 8.41. The lowest BCUT2D eigenvalue weighted by molar-refractivity contribution is -0.137. The summed E-state index contributed by atoms with van der Waals surface area (Å²) in [6, 6.07) is 5.04. The van der Waals surface area contributed by atoms with E-state index in [1.54, 1.807) is 0 Å². The molecule has 1 fully saturated rings. The maximum absolute atomic E-state index is 12.6. The molecule has 1 saturated heterocycles. The third-order valence-corrected chi connectivity index (χ3v) is 4.45. The van der Waals surface area contributed by atoms with Crippen LogP contribution in [0.4, 0.5) is 13.2 Å². The van der Waals surface area contributed by atoms with Crippen LogP contribution in [-0.4, -0.2) is 25.7 Å². The van der Waals surface area contributed by atoms with E-state index in [0.29, 0.717) is 31.9 Å². The van der Waals surface area contributed by atoms with Gasteiger partial charge in [-0.05, 0) is 49.3 Å². The van der Waals surface area contributed by atoms with Crippen LogP contribution in [0.1, 0.15) is 37.3 Å². The molecule has 6 heteroatoms. The van der Waals surface area contributed by atoms with E-state index in [1.165, 1.54) is 12.1 Å². The van der Waals surface area contributed by atoms with Crippen molar-refractivity contribution in [2.24, 2.45) is 11.8 Å². The van der Waals surface area contributed by atoms with Crippen LogP contribution in [0.15, 0.2) is 24.3 Å². The molecule has 2 rings (SSSR count). The molecule has 0 radical (unpaired) electrons. The van der Waals surface area contributed by atoms with Crippen LogP contribution in [0.2, 0.25) is 0 Å². The van der Waals surface area contributed by atoms with Crippen molar-refractivity contribution in [3.8, 4) is 0 Å². The number of ether oxygens (including phenoxy) is 1. The molecule has 134 valence electrons. The third kappa shape index (κ3) is 5.51. The summed E-state index contributed by atoms with van der Waals surface area (Å²) < 4.78 is 43.1. The SMILES string of the molecule is CC[C@H](Cc1ccc(C(F)(F)F)cc1)C(=O)NC[C@@H]1CCCOC1. The Morgan fingerprint density at radius 3 is 2.58 bits per heavy atom. The standard InChI is InChI=1S/C18H24F3NO2/c1-2-15(17(23)22-11-14-4-3-9-24-12-14)10-13-5-7-16(8-6-13)18(19,20)21/h5-8,14-15H,2-4,9-12H2,1H3,(H,22,23)/t14-,15+/m0/s1. The van der Waals surface area contributed by atoms with Gasteiger partial charge in [0.25, 0.3) is 0 Å². The number of amides is 1. The first-order chi connectivity index (χ1) is 11.4. The van der Waals surface area contributed by atoms with Crippen LogP contribution in [0.25, 0.3) is 0 Å².